The minimum atomic E-state index is -0.107. The maximum Gasteiger partial charge on any atom is 0.138 e. The van der Waals surface area contributed by atoms with Crippen LogP contribution >= 0.6 is 11.6 Å². The van der Waals surface area contributed by atoms with E-state index in [2.05, 4.69) is 45.0 Å². The van der Waals surface area contributed by atoms with Crippen molar-refractivity contribution in [1.29, 1.82) is 0 Å². The molecule has 8 heteroatoms. The zero-order valence-corrected chi connectivity index (χ0v) is 22.2. The van der Waals surface area contributed by atoms with Crippen LogP contribution in [0.2, 0.25) is 5.02 Å². The number of nitrogens with zero attached hydrogens (tertiary/aromatic N) is 6. The van der Waals surface area contributed by atoms with Gasteiger partial charge in [0.25, 0.3) is 0 Å². The van der Waals surface area contributed by atoms with E-state index in [1.54, 1.807) is 18.7 Å². The number of pyridine rings is 2. The predicted molar refractivity (Wildman–Crippen MR) is 153 cm³/mol. The number of anilines is 1. The third-order valence-electron chi connectivity index (χ3n) is 7.32. The highest BCUT2D eigenvalue weighted by Gasteiger charge is 2.24. The van der Waals surface area contributed by atoms with Crippen LogP contribution < -0.4 is 4.90 Å². The molecular formula is C30H29ClN6O. The van der Waals surface area contributed by atoms with Gasteiger partial charge in [0.15, 0.2) is 0 Å². The van der Waals surface area contributed by atoms with E-state index in [0.717, 1.165) is 82.1 Å². The molecule has 0 spiro atoms. The lowest BCUT2D eigenvalue weighted by molar-refractivity contribution is 0.282. The Morgan fingerprint density at radius 1 is 0.921 bits per heavy atom. The van der Waals surface area contributed by atoms with Gasteiger partial charge in [0.1, 0.15) is 5.82 Å². The van der Waals surface area contributed by atoms with Gasteiger partial charge in [-0.15, -0.1) is 0 Å². The summed E-state index contributed by atoms with van der Waals surface area (Å²) in [6, 6.07) is 18.2. The number of rotatable bonds is 5. The number of aromatic nitrogens is 4. The monoisotopic (exact) mass is 524 g/mol. The van der Waals surface area contributed by atoms with Crippen molar-refractivity contribution in [2.75, 3.05) is 38.1 Å². The number of hydrogen-bond acceptors (Lipinski definition) is 6. The van der Waals surface area contributed by atoms with Gasteiger partial charge in [-0.3, -0.25) is 4.98 Å². The Bertz CT molecular complexity index is 1610. The molecule has 0 aliphatic carbocycles. The van der Waals surface area contributed by atoms with Crippen molar-refractivity contribution in [3.63, 3.8) is 0 Å². The second kappa shape index (κ2) is 10.2. The molecule has 0 amide bonds. The molecule has 192 valence electrons. The van der Waals surface area contributed by atoms with Crippen LogP contribution in [0.4, 0.5) is 5.82 Å². The van der Waals surface area contributed by atoms with Crippen molar-refractivity contribution in [3.05, 3.63) is 83.9 Å². The number of benzene rings is 2. The number of hydrogen-bond donors (Lipinski definition) is 1. The Morgan fingerprint density at radius 3 is 2.42 bits per heavy atom. The van der Waals surface area contributed by atoms with Gasteiger partial charge in [-0.1, -0.05) is 48.0 Å². The molecule has 0 unspecified atom stereocenters. The van der Waals surface area contributed by atoms with Crippen LogP contribution in [0.5, 0.6) is 0 Å². The average molecular weight is 525 g/mol. The molecule has 7 nitrogen and oxygen atoms in total. The van der Waals surface area contributed by atoms with E-state index in [1.807, 2.05) is 48.0 Å². The molecule has 0 radical (unpaired) electrons. The first-order valence-electron chi connectivity index (χ1n) is 12.7. The molecule has 0 saturated carbocycles. The van der Waals surface area contributed by atoms with Crippen molar-refractivity contribution in [2.24, 2.45) is 7.05 Å². The second-order valence-electron chi connectivity index (χ2n) is 9.75. The van der Waals surface area contributed by atoms with Crippen LogP contribution in [0.25, 0.3) is 44.5 Å². The maximum atomic E-state index is 10.2. The largest absolute Gasteiger partial charge is 0.392 e. The summed E-state index contributed by atoms with van der Waals surface area (Å²) < 4.78 is 1.93. The van der Waals surface area contributed by atoms with Crippen molar-refractivity contribution >= 4 is 28.3 Å². The van der Waals surface area contributed by atoms with Gasteiger partial charge in [0.2, 0.25) is 0 Å². The van der Waals surface area contributed by atoms with Crippen molar-refractivity contribution < 1.29 is 5.11 Å². The molecule has 38 heavy (non-hydrogen) atoms. The minimum absolute atomic E-state index is 0.107. The quantitative estimate of drug-likeness (QED) is 0.338. The first-order chi connectivity index (χ1) is 18.5. The third kappa shape index (κ3) is 4.32. The standard InChI is InChI=1S/C30H29ClN6O/c1-35-12-14-37(15-13-35)30-27(20-6-4-3-5-7-20)28(31)23-16-21(8-9-24(23)34-30)26-22(18-38)10-11-33-29(26)25-17-32-19-36(25)2/h3-11,16-17,19,38H,12-15,18H2,1-2H3. The van der Waals surface area contributed by atoms with Gasteiger partial charge >= 0.3 is 0 Å². The second-order valence-corrected chi connectivity index (χ2v) is 10.1. The lowest BCUT2D eigenvalue weighted by Crippen LogP contribution is -2.45. The summed E-state index contributed by atoms with van der Waals surface area (Å²) >= 11 is 7.27. The summed E-state index contributed by atoms with van der Waals surface area (Å²) in [6.45, 7) is 3.64. The van der Waals surface area contributed by atoms with Crippen LogP contribution in [0, 0.1) is 0 Å². The number of imidazole rings is 1. The molecular weight excluding hydrogens is 496 g/mol. The summed E-state index contributed by atoms with van der Waals surface area (Å²) in [5.41, 5.74) is 7.02. The number of aryl methyl sites for hydroxylation is 1. The topological polar surface area (TPSA) is 70.3 Å². The number of fused-ring (bicyclic) bond motifs is 1. The molecule has 3 aromatic heterocycles. The van der Waals surface area contributed by atoms with Crippen molar-refractivity contribution in [2.45, 2.75) is 6.61 Å². The molecule has 5 aromatic rings. The van der Waals surface area contributed by atoms with Crippen molar-refractivity contribution in [3.8, 4) is 33.6 Å². The van der Waals surface area contributed by atoms with E-state index in [4.69, 9.17) is 16.6 Å². The van der Waals surface area contributed by atoms with Gasteiger partial charge in [0.05, 0.1) is 41.1 Å². The SMILES string of the molecule is CN1CCN(c2nc3ccc(-c4c(CO)ccnc4-c4cncn4C)cc3c(Cl)c2-c2ccccc2)CC1. The summed E-state index contributed by atoms with van der Waals surface area (Å²) in [4.78, 5) is 18.8. The molecule has 0 atom stereocenters. The highest BCUT2D eigenvalue weighted by atomic mass is 35.5. The number of halogens is 1. The molecule has 1 saturated heterocycles. The molecule has 0 bridgehead atoms. The normalized spacial score (nSPS) is 14.4. The Morgan fingerprint density at radius 2 is 1.71 bits per heavy atom. The number of aliphatic hydroxyl groups is 1. The van der Waals surface area contributed by atoms with E-state index >= 15 is 0 Å². The fourth-order valence-corrected chi connectivity index (χ4v) is 5.56. The molecule has 1 N–H and O–H groups in total. The predicted octanol–water partition coefficient (Wildman–Crippen LogP) is 5.26. The molecule has 1 aliphatic heterocycles. The van der Waals surface area contributed by atoms with Gasteiger partial charge in [-0.2, -0.15) is 0 Å². The van der Waals surface area contributed by atoms with Crippen LogP contribution in [0.3, 0.4) is 0 Å². The minimum Gasteiger partial charge on any atom is -0.392 e. The van der Waals surface area contributed by atoms with E-state index in [1.165, 1.54) is 0 Å². The van der Waals surface area contributed by atoms with E-state index in [0.29, 0.717) is 5.02 Å². The summed E-state index contributed by atoms with van der Waals surface area (Å²) in [5.74, 6) is 0.919. The third-order valence-corrected chi connectivity index (χ3v) is 7.72. The van der Waals surface area contributed by atoms with E-state index < -0.39 is 0 Å². The van der Waals surface area contributed by atoms with E-state index in [9.17, 15) is 5.11 Å². The molecule has 4 heterocycles. The van der Waals surface area contributed by atoms with Gasteiger partial charge in [0, 0.05) is 55.9 Å². The maximum absolute atomic E-state index is 10.2. The highest BCUT2D eigenvalue weighted by molar-refractivity contribution is 6.39. The smallest absolute Gasteiger partial charge is 0.138 e. The van der Waals surface area contributed by atoms with E-state index in [-0.39, 0.29) is 6.61 Å². The lowest BCUT2D eigenvalue weighted by Gasteiger charge is -2.34. The molecule has 1 aliphatic rings. The zero-order valence-electron chi connectivity index (χ0n) is 21.5. The number of likely N-dealkylation sites (N-methyl/N-ethyl adjacent to an activating group) is 1. The van der Waals surface area contributed by atoms with Gasteiger partial charge in [-0.25, -0.2) is 9.97 Å². The Labute approximate surface area is 227 Å². The number of aliphatic hydroxyl groups excluding tert-OH is 1. The average Bonchev–Trinajstić information content (AvgIpc) is 3.39. The van der Waals surface area contributed by atoms with Crippen LogP contribution in [0.1, 0.15) is 5.56 Å². The van der Waals surface area contributed by atoms with Crippen LogP contribution in [-0.2, 0) is 13.7 Å². The Hall–Kier alpha value is -3.78. The molecule has 2 aromatic carbocycles. The van der Waals surface area contributed by atoms with Crippen LogP contribution in [-0.4, -0.2) is 62.8 Å². The Kier molecular flexibility index (Phi) is 6.57. The summed E-state index contributed by atoms with van der Waals surface area (Å²) in [5, 5.41) is 11.8. The fraction of sp³-hybridized carbons (Fsp3) is 0.233. The highest BCUT2D eigenvalue weighted by Crippen LogP contribution is 2.42. The summed E-state index contributed by atoms with van der Waals surface area (Å²) in [7, 11) is 4.09. The lowest BCUT2D eigenvalue weighted by atomic mass is 9.95. The number of piperazine rings is 1. The first kappa shape index (κ1) is 24.6. The van der Waals surface area contributed by atoms with Crippen LogP contribution in [0.15, 0.2) is 73.3 Å². The fourth-order valence-electron chi connectivity index (χ4n) is 5.21. The van der Waals surface area contributed by atoms with Crippen molar-refractivity contribution in [1.82, 2.24) is 24.4 Å². The Balaban J connectivity index is 1.57. The molecule has 6 rings (SSSR count). The molecule has 1 fully saturated rings. The van der Waals surface area contributed by atoms with Gasteiger partial charge < -0.3 is 19.5 Å². The zero-order chi connectivity index (χ0) is 26.2. The summed E-state index contributed by atoms with van der Waals surface area (Å²) in [6.07, 6.45) is 5.26. The first-order valence-corrected chi connectivity index (χ1v) is 13.1. The van der Waals surface area contributed by atoms with Gasteiger partial charge in [-0.05, 0) is 41.9 Å².